The number of rotatable bonds is 8. The van der Waals surface area contributed by atoms with Crippen LogP contribution in [0.4, 0.5) is 4.79 Å². The second-order valence-electron chi connectivity index (χ2n) is 4.36. The second kappa shape index (κ2) is 6.93. The summed E-state index contributed by atoms with van der Waals surface area (Å²) >= 11 is 0. The Kier molecular flexibility index (Phi) is 5.56. The van der Waals surface area contributed by atoms with Gasteiger partial charge in [0.15, 0.2) is 0 Å². The lowest BCUT2D eigenvalue weighted by Crippen LogP contribution is -2.48. The fourth-order valence-electron chi connectivity index (χ4n) is 1.45. The smallest absolute Gasteiger partial charge is 0.329 e. The van der Waals surface area contributed by atoms with Crippen molar-refractivity contribution in [2.45, 2.75) is 24.8 Å². The monoisotopic (exact) mass is 273 g/mol. The molecule has 1 aliphatic carbocycles. The number of urea groups is 1. The highest BCUT2D eigenvalue weighted by atomic mass is 16.5. The number of carboxylic acid groups (broad SMARTS) is 1. The van der Waals surface area contributed by atoms with Gasteiger partial charge in [-0.3, -0.25) is 4.79 Å². The second-order valence-corrected chi connectivity index (χ2v) is 4.36. The lowest BCUT2D eigenvalue weighted by atomic mass is 10.3. The van der Waals surface area contributed by atoms with Crippen LogP contribution in [0.3, 0.4) is 0 Å². The predicted molar refractivity (Wildman–Crippen MR) is 65.6 cm³/mol. The van der Waals surface area contributed by atoms with Gasteiger partial charge in [0.25, 0.3) is 0 Å². The lowest BCUT2D eigenvalue weighted by molar-refractivity contribution is -0.140. The van der Waals surface area contributed by atoms with E-state index >= 15 is 0 Å². The number of hydrogen-bond donors (Lipinski definition) is 4. The van der Waals surface area contributed by atoms with Gasteiger partial charge < -0.3 is 25.8 Å². The molecule has 8 nitrogen and oxygen atoms in total. The van der Waals surface area contributed by atoms with Gasteiger partial charge >= 0.3 is 12.0 Å². The molecular weight excluding hydrogens is 254 g/mol. The van der Waals surface area contributed by atoms with Crippen LogP contribution >= 0.6 is 0 Å². The average Bonchev–Trinajstić information content (AvgIpc) is 3.10. The standard InChI is InChI=1S/C11H19N3O5/c1-19-7-6-12-8(15)2-5-13-10(18)14-11(3-4-11)9(16)17/h2-7H2,1H3,(H,12,15)(H,16,17)(H2,13,14,18). The molecule has 1 aliphatic rings. The number of methoxy groups -OCH3 is 1. The zero-order chi connectivity index (χ0) is 14.3. The third-order valence-electron chi connectivity index (χ3n) is 2.78. The summed E-state index contributed by atoms with van der Waals surface area (Å²) in [5.41, 5.74) is -1.11. The summed E-state index contributed by atoms with van der Waals surface area (Å²) in [4.78, 5) is 33.5. The molecule has 4 N–H and O–H groups in total. The van der Waals surface area contributed by atoms with Gasteiger partial charge in [-0.25, -0.2) is 9.59 Å². The number of nitrogens with one attached hydrogen (secondary N) is 3. The molecule has 0 aromatic rings. The van der Waals surface area contributed by atoms with E-state index in [4.69, 9.17) is 9.84 Å². The van der Waals surface area contributed by atoms with Crippen molar-refractivity contribution in [1.29, 1.82) is 0 Å². The van der Waals surface area contributed by atoms with Gasteiger partial charge in [0.2, 0.25) is 5.91 Å². The van der Waals surface area contributed by atoms with Crippen LogP contribution in [0.1, 0.15) is 19.3 Å². The van der Waals surface area contributed by atoms with Gasteiger partial charge in [0.1, 0.15) is 5.54 Å². The van der Waals surface area contributed by atoms with Gasteiger partial charge in [-0.1, -0.05) is 0 Å². The molecule has 8 heteroatoms. The minimum atomic E-state index is -1.11. The number of carboxylic acids is 1. The molecule has 0 unspecified atom stereocenters. The Morgan fingerprint density at radius 3 is 2.42 bits per heavy atom. The Morgan fingerprint density at radius 1 is 1.21 bits per heavy atom. The average molecular weight is 273 g/mol. The van der Waals surface area contributed by atoms with Crippen LogP contribution in [0.5, 0.6) is 0 Å². The Hall–Kier alpha value is -1.83. The molecule has 1 saturated carbocycles. The van der Waals surface area contributed by atoms with Crippen LogP contribution in [0.15, 0.2) is 0 Å². The molecule has 0 saturated heterocycles. The van der Waals surface area contributed by atoms with Crippen molar-refractivity contribution in [3.05, 3.63) is 0 Å². The first-order chi connectivity index (χ1) is 9.00. The van der Waals surface area contributed by atoms with Crippen molar-refractivity contribution in [2.24, 2.45) is 0 Å². The first kappa shape index (κ1) is 15.2. The Labute approximate surface area is 110 Å². The highest BCUT2D eigenvalue weighted by Crippen LogP contribution is 2.35. The summed E-state index contributed by atoms with van der Waals surface area (Å²) in [5, 5.41) is 16.3. The molecular formula is C11H19N3O5. The van der Waals surface area contributed by atoms with E-state index in [1.165, 1.54) is 7.11 Å². The molecule has 0 radical (unpaired) electrons. The van der Waals surface area contributed by atoms with Gasteiger partial charge in [-0.15, -0.1) is 0 Å². The third-order valence-corrected chi connectivity index (χ3v) is 2.78. The van der Waals surface area contributed by atoms with Crippen molar-refractivity contribution in [3.8, 4) is 0 Å². The van der Waals surface area contributed by atoms with E-state index in [-0.39, 0.29) is 18.9 Å². The molecule has 0 heterocycles. The van der Waals surface area contributed by atoms with Gasteiger partial charge in [0.05, 0.1) is 6.61 Å². The van der Waals surface area contributed by atoms with Crippen molar-refractivity contribution >= 4 is 17.9 Å². The van der Waals surface area contributed by atoms with Crippen molar-refractivity contribution in [3.63, 3.8) is 0 Å². The predicted octanol–water partition coefficient (Wildman–Crippen LogP) is -0.944. The van der Waals surface area contributed by atoms with E-state index in [0.717, 1.165) is 0 Å². The number of amides is 3. The molecule has 1 fully saturated rings. The minimum Gasteiger partial charge on any atom is -0.480 e. The molecule has 0 bridgehead atoms. The molecule has 0 aromatic heterocycles. The van der Waals surface area contributed by atoms with Crippen LogP contribution < -0.4 is 16.0 Å². The van der Waals surface area contributed by atoms with E-state index in [0.29, 0.717) is 26.0 Å². The van der Waals surface area contributed by atoms with E-state index in [1.54, 1.807) is 0 Å². The number of carbonyl (C=O) groups is 3. The number of carbonyl (C=O) groups excluding carboxylic acids is 2. The molecule has 3 amide bonds. The number of hydrogen-bond acceptors (Lipinski definition) is 4. The highest BCUT2D eigenvalue weighted by molar-refractivity contribution is 5.89. The van der Waals surface area contributed by atoms with Crippen molar-refractivity contribution in [1.82, 2.24) is 16.0 Å². The van der Waals surface area contributed by atoms with E-state index < -0.39 is 17.5 Å². The van der Waals surface area contributed by atoms with Crippen LogP contribution in [-0.4, -0.2) is 55.4 Å². The fourth-order valence-corrected chi connectivity index (χ4v) is 1.45. The minimum absolute atomic E-state index is 0.136. The molecule has 0 atom stereocenters. The highest BCUT2D eigenvalue weighted by Gasteiger charge is 2.51. The SMILES string of the molecule is COCCNC(=O)CCNC(=O)NC1(C(=O)O)CC1. The molecule has 1 rings (SSSR count). The molecule has 0 spiro atoms. The largest absolute Gasteiger partial charge is 0.480 e. The number of ether oxygens (including phenoxy) is 1. The summed E-state index contributed by atoms with van der Waals surface area (Å²) in [6.07, 6.45) is 1.01. The normalized spacial score (nSPS) is 15.4. The van der Waals surface area contributed by atoms with Crippen molar-refractivity contribution in [2.75, 3.05) is 26.8 Å². The summed E-state index contributed by atoms with van der Waals surface area (Å²) < 4.78 is 4.77. The van der Waals surface area contributed by atoms with Crippen LogP contribution in [-0.2, 0) is 14.3 Å². The van der Waals surface area contributed by atoms with E-state index in [2.05, 4.69) is 16.0 Å². The zero-order valence-corrected chi connectivity index (χ0v) is 10.8. The quantitative estimate of drug-likeness (QED) is 0.426. The third kappa shape index (κ3) is 5.12. The first-order valence-electron chi connectivity index (χ1n) is 6.05. The maximum atomic E-state index is 11.4. The van der Waals surface area contributed by atoms with Crippen LogP contribution in [0, 0.1) is 0 Å². The molecule has 19 heavy (non-hydrogen) atoms. The fraction of sp³-hybridized carbons (Fsp3) is 0.727. The molecule has 0 aliphatic heterocycles. The zero-order valence-electron chi connectivity index (χ0n) is 10.8. The number of aliphatic carboxylic acids is 1. The van der Waals surface area contributed by atoms with Gasteiger partial charge in [-0.2, -0.15) is 0 Å². The summed E-state index contributed by atoms with van der Waals surface area (Å²) in [6, 6.07) is -0.565. The maximum absolute atomic E-state index is 11.4. The lowest BCUT2D eigenvalue weighted by Gasteiger charge is -2.13. The van der Waals surface area contributed by atoms with E-state index in [9.17, 15) is 14.4 Å². The summed E-state index contributed by atoms with van der Waals surface area (Å²) in [6.45, 7) is 1.00. The Morgan fingerprint density at radius 2 is 1.89 bits per heavy atom. The molecule has 108 valence electrons. The Bertz CT molecular complexity index is 354. The maximum Gasteiger partial charge on any atom is 0.329 e. The van der Waals surface area contributed by atoms with Gasteiger partial charge in [0, 0.05) is 26.6 Å². The van der Waals surface area contributed by atoms with Gasteiger partial charge in [-0.05, 0) is 12.8 Å². The summed E-state index contributed by atoms with van der Waals surface area (Å²) in [7, 11) is 1.54. The first-order valence-corrected chi connectivity index (χ1v) is 6.05. The van der Waals surface area contributed by atoms with Crippen LogP contribution in [0.2, 0.25) is 0 Å². The van der Waals surface area contributed by atoms with E-state index in [1.807, 2.05) is 0 Å². The molecule has 0 aromatic carbocycles. The van der Waals surface area contributed by atoms with Crippen LogP contribution in [0.25, 0.3) is 0 Å². The summed E-state index contributed by atoms with van der Waals surface area (Å²) in [5.74, 6) is -1.23. The van der Waals surface area contributed by atoms with Crippen molar-refractivity contribution < 1.29 is 24.2 Å². The topological polar surface area (TPSA) is 117 Å². The Balaban J connectivity index is 2.11.